The average Bonchev–Trinajstić information content (AvgIpc) is 2.79. The van der Waals surface area contributed by atoms with E-state index in [4.69, 9.17) is 4.74 Å². The number of hydrogen-bond acceptors (Lipinski definition) is 4. The third-order valence-corrected chi connectivity index (χ3v) is 4.32. The Morgan fingerprint density at radius 2 is 1.86 bits per heavy atom. The van der Waals surface area contributed by atoms with E-state index in [1.807, 2.05) is 6.07 Å². The molecule has 0 aromatic heterocycles. The van der Waals surface area contributed by atoms with E-state index in [0.717, 1.165) is 11.8 Å². The molecular formula is C16H20FNO3S. The number of alkyl halides is 1. The van der Waals surface area contributed by atoms with Crippen LogP contribution < -0.4 is 0 Å². The minimum atomic E-state index is -1.23. The molecule has 0 saturated carbocycles. The molecule has 0 spiro atoms. The van der Waals surface area contributed by atoms with Gasteiger partial charge in [0.15, 0.2) is 0 Å². The van der Waals surface area contributed by atoms with Crippen molar-refractivity contribution in [3.63, 3.8) is 0 Å². The molecule has 1 heterocycles. The fraction of sp³-hybridized carbons (Fsp3) is 0.500. The van der Waals surface area contributed by atoms with Crippen molar-refractivity contribution >= 4 is 23.0 Å². The molecule has 1 amide bonds. The lowest BCUT2D eigenvalue weighted by Gasteiger charge is -2.24. The van der Waals surface area contributed by atoms with Gasteiger partial charge in [-0.15, -0.1) is 0 Å². The first-order valence-electron chi connectivity index (χ1n) is 7.14. The number of benzene rings is 1. The Balaban J connectivity index is 1.94. The predicted molar refractivity (Wildman–Crippen MR) is 84.9 cm³/mol. The highest BCUT2D eigenvalue weighted by Crippen LogP contribution is 2.29. The molecule has 0 bridgehead atoms. The summed E-state index contributed by atoms with van der Waals surface area (Å²) in [6.07, 6.45) is -1.77. The van der Waals surface area contributed by atoms with Gasteiger partial charge >= 0.3 is 6.09 Å². The maximum atomic E-state index is 14.1. The maximum absolute atomic E-state index is 14.1. The number of carbonyl (C=O) groups excluding carboxylic acids is 2. The van der Waals surface area contributed by atoms with Crippen molar-refractivity contribution in [1.82, 2.24) is 4.90 Å². The van der Waals surface area contributed by atoms with Crippen molar-refractivity contribution in [2.45, 2.75) is 37.8 Å². The highest BCUT2D eigenvalue weighted by atomic mass is 32.2. The van der Waals surface area contributed by atoms with Gasteiger partial charge in [-0.05, 0) is 20.8 Å². The molecule has 2 atom stereocenters. The zero-order chi connectivity index (χ0) is 16.3. The number of ether oxygens (including phenoxy) is 1. The van der Waals surface area contributed by atoms with Crippen LogP contribution >= 0.6 is 11.8 Å². The normalized spacial score (nSPS) is 21.7. The lowest BCUT2D eigenvalue weighted by Crippen LogP contribution is -2.35. The second-order valence-corrected chi connectivity index (χ2v) is 7.42. The van der Waals surface area contributed by atoms with Gasteiger partial charge in [-0.1, -0.05) is 42.1 Å². The molecule has 1 aliphatic heterocycles. The lowest BCUT2D eigenvalue weighted by atomic mass is 10.2. The zero-order valence-corrected chi connectivity index (χ0v) is 13.7. The van der Waals surface area contributed by atoms with Crippen molar-refractivity contribution in [3.05, 3.63) is 35.9 Å². The smallest absolute Gasteiger partial charge is 0.410 e. The van der Waals surface area contributed by atoms with E-state index in [-0.39, 0.29) is 18.2 Å². The van der Waals surface area contributed by atoms with Crippen LogP contribution in [0.5, 0.6) is 0 Å². The van der Waals surface area contributed by atoms with Gasteiger partial charge in [0.05, 0.1) is 11.8 Å². The van der Waals surface area contributed by atoms with Crippen molar-refractivity contribution in [3.8, 4) is 0 Å². The van der Waals surface area contributed by atoms with E-state index in [9.17, 15) is 14.0 Å². The summed E-state index contributed by atoms with van der Waals surface area (Å²) in [6.45, 7) is 5.44. The van der Waals surface area contributed by atoms with E-state index >= 15 is 0 Å². The van der Waals surface area contributed by atoms with Gasteiger partial charge in [0.25, 0.3) is 0 Å². The number of carbonyl (C=O) groups is 2. The topological polar surface area (TPSA) is 46.6 Å². The standard InChI is InChI=1S/C16H20FNO3S/c1-16(2,3)21-15(20)18-9-12(17)13(10-18)22-14(19)11-7-5-4-6-8-11/h4-8,12-13H,9-10H2,1-3H3/t12-,13+/m0/s1. The van der Waals surface area contributed by atoms with Crippen LogP contribution in [-0.4, -0.2) is 46.2 Å². The second-order valence-electron chi connectivity index (χ2n) is 6.21. The molecule has 0 radical (unpaired) electrons. The molecule has 0 aliphatic carbocycles. The van der Waals surface area contributed by atoms with Gasteiger partial charge in [0.1, 0.15) is 11.8 Å². The number of amides is 1. The fourth-order valence-corrected chi connectivity index (χ4v) is 3.14. The Bertz CT molecular complexity index is 544. The van der Waals surface area contributed by atoms with Gasteiger partial charge in [0.2, 0.25) is 5.12 Å². The Morgan fingerprint density at radius 3 is 2.45 bits per heavy atom. The molecule has 22 heavy (non-hydrogen) atoms. The number of halogens is 1. The molecule has 0 N–H and O–H groups in total. The Morgan fingerprint density at radius 1 is 1.23 bits per heavy atom. The number of rotatable bonds is 2. The van der Waals surface area contributed by atoms with Gasteiger partial charge in [-0.2, -0.15) is 0 Å². The molecule has 1 saturated heterocycles. The number of thioether (sulfide) groups is 1. The third kappa shape index (κ3) is 4.47. The minimum absolute atomic E-state index is 0.0331. The van der Waals surface area contributed by atoms with Crippen LogP contribution in [0.15, 0.2) is 30.3 Å². The van der Waals surface area contributed by atoms with Crippen molar-refractivity contribution in [1.29, 1.82) is 0 Å². The van der Waals surface area contributed by atoms with Crippen LogP contribution in [0.25, 0.3) is 0 Å². The summed E-state index contributed by atoms with van der Waals surface area (Å²) in [6, 6.07) is 8.75. The van der Waals surface area contributed by atoms with Crippen LogP contribution in [0.1, 0.15) is 31.1 Å². The molecule has 1 fully saturated rings. The second kappa shape index (κ2) is 6.69. The van der Waals surface area contributed by atoms with Crippen LogP contribution in [0.3, 0.4) is 0 Å². The first kappa shape index (κ1) is 16.8. The summed E-state index contributed by atoms with van der Waals surface area (Å²) in [4.78, 5) is 25.4. The molecule has 4 nitrogen and oxygen atoms in total. The number of nitrogens with zero attached hydrogens (tertiary/aromatic N) is 1. The lowest BCUT2D eigenvalue weighted by molar-refractivity contribution is 0.0284. The van der Waals surface area contributed by atoms with Crippen LogP contribution in [0.4, 0.5) is 9.18 Å². The summed E-state index contributed by atoms with van der Waals surface area (Å²) in [5.74, 6) is 0. The van der Waals surface area contributed by atoms with E-state index in [1.54, 1.807) is 45.0 Å². The predicted octanol–water partition coefficient (Wildman–Crippen LogP) is 3.52. The number of hydrogen-bond donors (Lipinski definition) is 0. The number of likely N-dealkylation sites (tertiary alicyclic amines) is 1. The van der Waals surface area contributed by atoms with E-state index in [1.165, 1.54) is 4.90 Å². The van der Waals surface area contributed by atoms with Crippen molar-refractivity contribution < 1.29 is 18.7 Å². The summed E-state index contributed by atoms with van der Waals surface area (Å²) in [5, 5.41) is -0.737. The van der Waals surface area contributed by atoms with Crippen LogP contribution in [-0.2, 0) is 4.74 Å². The minimum Gasteiger partial charge on any atom is -0.444 e. The largest absolute Gasteiger partial charge is 0.444 e. The van der Waals surface area contributed by atoms with Gasteiger partial charge in [-0.3, -0.25) is 4.79 Å². The first-order valence-corrected chi connectivity index (χ1v) is 8.02. The highest BCUT2D eigenvalue weighted by Gasteiger charge is 2.39. The molecule has 0 unspecified atom stereocenters. The fourth-order valence-electron chi connectivity index (χ4n) is 2.10. The van der Waals surface area contributed by atoms with Crippen molar-refractivity contribution in [2.24, 2.45) is 0 Å². The Labute approximate surface area is 134 Å². The summed E-state index contributed by atoms with van der Waals surface area (Å²) >= 11 is 0.944. The summed E-state index contributed by atoms with van der Waals surface area (Å²) in [5.41, 5.74) is -0.0797. The van der Waals surface area contributed by atoms with Gasteiger partial charge in [0, 0.05) is 12.1 Å². The van der Waals surface area contributed by atoms with E-state index < -0.39 is 23.1 Å². The molecule has 1 aliphatic rings. The van der Waals surface area contributed by atoms with Crippen LogP contribution in [0, 0.1) is 0 Å². The SMILES string of the molecule is CC(C)(C)OC(=O)N1C[C@H](F)[C@H](SC(=O)c2ccccc2)C1. The maximum Gasteiger partial charge on any atom is 0.410 e. The van der Waals surface area contributed by atoms with E-state index in [2.05, 4.69) is 0 Å². The molecule has 1 aromatic carbocycles. The van der Waals surface area contributed by atoms with Crippen LogP contribution in [0.2, 0.25) is 0 Å². The Kier molecular flexibility index (Phi) is 5.11. The summed E-state index contributed by atoms with van der Waals surface area (Å²) < 4.78 is 19.3. The van der Waals surface area contributed by atoms with Gasteiger partial charge < -0.3 is 9.64 Å². The highest BCUT2D eigenvalue weighted by molar-refractivity contribution is 8.14. The molecule has 2 rings (SSSR count). The monoisotopic (exact) mass is 325 g/mol. The van der Waals surface area contributed by atoms with Gasteiger partial charge in [-0.25, -0.2) is 9.18 Å². The van der Waals surface area contributed by atoms with Crippen molar-refractivity contribution in [2.75, 3.05) is 13.1 Å². The molecular weight excluding hydrogens is 305 g/mol. The van der Waals surface area contributed by atoms with E-state index in [0.29, 0.717) is 5.56 Å². The molecule has 6 heteroatoms. The quantitative estimate of drug-likeness (QED) is 0.835. The first-order chi connectivity index (χ1) is 10.3. The summed E-state index contributed by atoms with van der Waals surface area (Å²) in [7, 11) is 0. The molecule has 1 aromatic rings. The average molecular weight is 325 g/mol. The zero-order valence-electron chi connectivity index (χ0n) is 12.9. The molecule has 120 valence electrons. The third-order valence-electron chi connectivity index (χ3n) is 3.12. The Hall–Kier alpha value is -1.56.